The first-order valence-corrected chi connectivity index (χ1v) is 5.37. The van der Waals surface area contributed by atoms with E-state index in [2.05, 4.69) is 0 Å². The van der Waals surface area contributed by atoms with Crippen molar-refractivity contribution in [3.63, 3.8) is 0 Å². The molecule has 1 unspecified atom stereocenters. The monoisotopic (exact) mass is 188 g/mol. The zero-order valence-corrected chi connectivity index (χ0v) is 8.00. The Morgan fingerprint density at radius 3 is 2.42 bits per heavy atom. The average molecular weight is 188 g/mol. The van der Waals surface area contributed by atoms with Gasteiger partial charge in [0.05, 0.1) is 11.3 Å². The second kappa shape index (κ2) is 3.04. The van der Waals surface area contributed by atoms with Crippen LogP contribution in [0.1, 0.15) is 19.8 Å². The van der Waals surface area contributed by atoms with E-state index in [1.165, 1.54) is 7.05 Å². The third-order valence-electron chi connectivity index (χ3n) is 2.08. The van der Waals surface area contributed by atoms with E-state index in [1.807, 2.05) is 6.07 Å². The summed E-state index contributed by atoms with van der Waals surface area (Å²) in [4.78, 5) is 0. The van der Waals surface area contributed by atoms with Gasteiger partial charge in [0.1, 0.15) is 6.04 Å². The van der Waals surface area contributed by atoms with Crippen LogP contribution in [0.15, 0.2) is 0 Å². The Labute approximate surface area is 72.8 Å². The zero-order chi connectivity index (χ0) is 9.35. The van der Waals surface area contributed by atoms with E-state index in [0.717, 1.165) is 17.1 Å². The minimum Gasteiger partial charge on any atom is -0.212 e. The summed E-state index contributed by atoms with van der Waals surface area (Å²) in [5.41, 5.74) is 0. The summed E-state index contributed by atoms with van der Waals surface area (Å²) in [5, 5.41) is 8.29. The summed E-state index contributed by atoms with van der Waals surface area (Å²) in [6, 6.07) is 1.34. The summed E-state index contributed by atoms with van der Waals surface area (Å²) in [5.74, 6) is 0. The van der Waals surface area contributed by atoms with Gasteiger partial charge in [-0.1, -0.05) is 0 Å². The molecule has 1 rings (SSSR count). The summed E-state index contributed by atoms with van der Waals surface area (Å²) in [6.07, 6.45) is 1.48. The number of rotatable bonds is 3. The van der Waals surface area contributed by atoms with Gasteiger partial charge in [-0.25, -0.2) is 8.42 Å². The van der Waals surface area contributed by atoms with Crippen LogP contribution in [-0.4, -0.2) is 31.1 Å². The highest BCUT2D eigenvalue weighted by molar-refractivity contribution is 7.90. The molecule has 1 aliphatic rings. The summed E-state index contributed by atoms with van der Waals surface area (Å²) < 4.78 is 24.1. The Morgan fingerprint density at radius 1 is 1.58 bits per heavy atom. The summed E-state index contributed by atoms with van der Waals surface area (Å²) in [6.45, 7) is 1.58. The maximum absolute atomic E-state index is 11.5. The summed E-state index contributed by atoms with van der Waals surface area (Å²) in [7, 11) is -1.71. The van der Waals surface area contributed by atoms with Crippen molar-refractivity contribution < 1.29 is 8.42 Å². The Balaban J connectivity index is 2.76. The van der Waals surface area contributed by atoms with Crippen molar-refractivity contribution in [3.8, 4) is 6.07 Å². The van der Waals surface area contributed by atoms with Crippen LogP contribution in [0.4, 0.5) is 0 Å². The predicted molar refractivity (Wildman–Crippen MR) is 44.8 cm³/mol. The smallest absolute Gasteiger partial charge is 0.212 e. The molecule has 1 aliphatic carbocycles. The number of hydrogen-bond donors (Lipinski definition) is 0. The van der Waals surface area contributed by atoms with E-state index < -0.39 is 16.1 Å². The highest BCUT2D eigenvalue weighted by atomic mass is 32.2. The van der Waals surface area contributed by atoms with Gasteiger partial charge in [0.2, 0.25) is 10.0 Å². The third-order valence-corrected chi connectivity index (χ3v) is 4.51. The number of hydrogen-bond acceptors (Lipinski definition) is 3. The normalized spacial score (nSPS) is 20.5. The highest BCUT2D eigenvalue weighted by Gasteiger charge is 2.40. The number of sulfonamides is 1. The lowest BCUT2D eigenvalue weighted by Gasteiger charge is -2.18. The summed E-state index contributed by atoms with van der Waals surface area (Å²) >= 11 is 0. The third kappa shape index (κ3) is 1.59. The fourth-order valence-corrected chi connectivity index (χ4v) is 2.59. The molecular formula is C7H12N2O2S. The first-order chi connectivity index (χ1) is 5.50. The van der Waals surface area contributed by atoms with Gasteiger partial charge in [0, 0.05) is 7.05 Å². The van der Waals surface area contributed by atoms with Crippen LogP contribution in [0.3, 0.4) is 0 Å². The van der Waals surface area contributed by atoms with E-state index in [0.29, 0.717) is 0 Å². The van der Waals surface area contributed by atoms with Crippen molar-refractivity contribution in [2.24, 2.45) is 0 Å². The lowest BCUT2D eigenvalue weighted by atomic mass is 10.4. The van der Waals surface area contributed by atoms with Crippen molar-refractivity contribution in [3.05, 3.63) is 0 Å². The molecule has 0 heterocycles. The average Bonchev–Trinajstić information content (AvgIpc) is 2.83. The molecule has 0 bridgehead atoms. The van der Waals surface area contributed by atoms with E-state index in [1.54, 1.807) is 6.92 Å². The molecule has 0 spiro atoms. The van der Waals surface area contributed by atoms with Crippen LogP contribution in [0.25, 0.3) is 0 Å². The maximum atomic E-state index is 11.5. The maximum Gasteiger partial charge on any atom is 0.217 e. The molecule has 0 N–H and O–H groups in total. The van der Waals surface area contributed by atoms with Crippen LogP contribution in [-0.2, 0) is 10.0 Å². The Hall–Kier alpha value is -0.600. The molecule has 1 atom stereocenters. The van der Waals surface area contributed by atoms with Gasteiger partial charge >= 0.3 is 0 Å². The van der Waals surface area contributed by atoms with Crippen molar-refractivity contribution in [2.45, 2.75) is 31.1 Å². The van der Waals surface area contributed by atoms with Crippen LogP contribution < -0.4 is 0 Å². The minimum absolute atomic E-state index is 0.224. The molecular weight excluding hydrogens is 176 g/mol. The van der Waals surface area contributed by atoms with Crippen LogP contribution in [0.2, 0.25) is 0 Å². The fraction of sp³-hybridized carbons (Fsp3) is 0.857. The van der Waals surface area contributed by atoms with Gasteiger partial charge in [-0.05, 0) is 19.8 Å². The Morgan fingerprint density at radius 2 is 2.08 bits per heavy atom. The SMILES string of the molecule is CC(C#N)N(C)S(=O)(=O)C1CC1. The molecule has 1 fully saturated rings. The first-order valence-electron chi connectivity index (χ1n) is 3.86. The van der Waals surface area contributed by atoms with Crippen molar-refractivity contribution in [1.82, 2.24) is 4.31 Å². The Kier molecular flexibility index (Phi) is 2.40. The molecule has 0 aliphatic heterocycles. The molecule has 0 aromatic rings. The van der Waals surface area contributed by atoms with Crippen molar-refractivity contribution in [1.29, 1.82) is 5.26 Å². The Bertz CT molecular complexity index is 300. The zero-order valence-electron chi connectivity index (χ0n) is 7.19. The molecule has 0 amide bonds. The minimum atomic E-state index is -3.17. The van der Waals surface area contributed by atoms with Crippen molar-refractivity contribution >= 4 is 10.0 Å². The van der Waals surface area contributed by atoms with Gasteiger partial charge in [0.25, 0.3) is 0 Å². The lowest BCUT2D eigenvalue weighted by molar-refractivity contribution is 0.441. The van der Waals surface area contributed by atoms with Crippen LogP contribution in [0, 0.1) is 11.3 Å². The van der Waals surface area contributed by atoms with Gasteiger partial charge in [-0.2, -0.15) is 9.57 Å². The lowest BCUT2D eigenvalue weighted by Crippen LogP contribution is -2.36. The molecule has 4 nitrogen and oxygen atoms in total. The fourth-order valence-electron chi connectivity index (χ4n) is 0.903. The molecule has 68 valence electrons. The van der Waals surface area contributed by atoms with Crippen LogP contribution >= 0.6 is 0 Å². The largest absolute Gasteiger partial charge is 0.217 e. The molecule has 1 saturated carbocycles. The number of nitrogens with zero attached hydrogens (tertiary/aromatic N) is 2. The van der Waals surface area contributed by atoms with E-state index in [-0.39, 0.29) is 5.25 Å². The second-order valence-corrected chi connectivity index (χ2v) is 5.34. The van der Waals surface area contributed by atoms with E-state index in [9.17, 15) is 8.42 Å². The number of nitriles is 1. The van der Waals surface area contributed by atoms with E-state index in [4.69, 9.17) is 5.26 Å². The topological polar surface area (TPSA) is 61.2 Å². The van der Waals surface area contributed by atoms with Crippen molar-refractivity contribution in [2.75, 3.05) is 7.05 Å². The molecule has 0 aromatic carbocycles. The molecule has 0 saturated heterocycles. The van der Waals surface area contributed by atoms with Gasteiger partial charge in [-0.3, -0.25) is 0 Å². The van der Waals surface area contributed by atoms with E-state index >= 15 is 0 Å². The van der Waals surface area contributed by atoms with Gasteiger partial charge in [0.15, 0.2) is 0 Å². The van der Waals surface area contributed by atoms with Gasteiger partial charge in [-0.15, -0.1) is 0 Å². The molecule has 5 heteroatoms. The molecule has 12 heavy (non-hydrogen) atoms. The predicted octanol–water partition coefficient (Wildman–Crippen LogP) is 0.322. The highest BCUT2D eigenvalue weighted by Crippen LogP contribution is 2.30. The molecule has 0 aromatic heterocycles. The van der Waals surface area contributed by atoms with Crippen LogP contribution in [0.5, 0.6) is 0 Å². The standard InChI is InChI=1S/C7H12N2O2S/c1-6(5-8)9(2)12(10,11)7-3-4-7/h6-7H,3-4H2,1-2H3. The quantitative estimate of drug-likeness (QED) is 0.641. The first kappa shape index (κ1) is 9.49. The van der Waals surface area contributed by atoms with Gasteiger partial charge < -0.3 is 0 Å². The second-order valence-electron chi connectivity index (χ2n) is 3.07. The molecule has 0 radical (unpaired) electrons.